The molecule has 1 aliphatic heterocycles. The van der Waals surface area contributed by atoms with Crippen LogP contribution in [0.2, 0.25) is 0 Å². The lowest BCUT2D eigenvalue weighted by Gasteiger charge is -2.45. The van der Waals surface area contributed by atoms with Gasteiger partial charge in [0.05, 0.1) is 6.61 Å². The number of halogens is 1. The van der Waals surface area contributed by atoms with Crippen LogP contribution >= 0.6 is 11.6 Å². The number of hydrogen-bond acceptors (Lipinski definition) is 7. The maximum Gasteiger partial charge on any atom is 0.317 e. The number of hydrogen-bond donors (Lipinski definition) is 7. The zero-order valence-corrected chi connectivity index (χ0v) is 10.6. The highest BCUT2D eigenvalue weighted by molar-refractivity contribution is 6.18. The highest BCUT2D eigenvalue weighted by Crippen LogP contribution is 2.26. The fraction of sp³-hybridized carbons (Fsp3) is 0.889. The summed E-state index contributed by atoms with van der Waals surface area (Å²) in [6.45, 7) is -0.581. The summed E-state index contributed by atoms with van der Waals surface area (Å²) in [5.41, 5.74) is -2.61. The number of rotatable bonds is 4. The monoisotopic (exact) mass is 300 g/mol. The molecule has 10 heteroatoms. The molecule has 9 nitrogen and oxygen atoms in total. The maximum atomic E-state index is 11.4. The van der Waals surface area contributed by atoms with Gasteiger partial charge in [0, 0.05) is 12.4 Å². The van der Waals surface area contributed by atoms with Crippen molar-refractivity contribution in [3.05, 3.63) is 0 Å². The second-order valence-electron chi connectivity index (χ2n) is 4.04. The zero-order valence-electron chi connectivity index (χ0n) is 9.86. The number of nitrogens with one attached hydrogen (secondary N) is 2. The standard InChI is InChI=1S/C9H17ClN2O7/c10-1-2-11-8(17)12-9(18)6(15)5(14)4(3-13)19-7(9)16/h4-7,13-16,18H,1-3H2,(H2,11,12,17)/t4-,5-,6+,7?,9+/m1/s1. The van der Waals surface area contributed by atoms with Crippen molar-refractivity contribution in [2.75, 3.05) is 19.0 Å². The van der Waals surface area contributed by atoms with E-state index in [9.17, 15) is 25.2 Å². The molecule has 7 N–H and O–H groups in total. The minimum absolute atomic E-state index is 0.0956. The second-order valence-corrected chi connectivity index (χ2v) is 4.42. The lowest BCUT2D eigenvalue weighted by Crippen LogP contribution is -2.74. The highest BCUT2D eigenvalue weighted by Gasteiger charge is 2.55. The van der Waals surface area contributed by atoms with Crippen molar-refractivity contribution >= 4 is 17.6 Å². The van der Waals surface area contributed by atoms with Crippen LogP contribution in [-0.4, -0.2) is 80.9 Å². The quantitative estimate of drug-likeness (QED) is 0.211. The third-order valence-corrected chi connectivity index (χ3v) is 2.90. The van der Waals surface area contributed by atoms with E-state index < -0.39 is 43.0 Å². The number of carbonyl (C=O) groups is 1. The van der Waals surface area contributed by atoms with E-state index in [1.165, 1.54) is 0 Å². The van der Waals surface area contributed by atoms with Crippen LogP contribution in [0.3, 0.4) is 0 Å². The molecule has 0 saturated carbocycles. The van der Waals surface area contributed by atoms with Crippen LogP contribution < -0.4 is 10.6 Å². The molecular formula is C9H17ClN2O7. The van der Waals surface area contributed by atoms with Gasteiger partial charge in [-0.25, -0.2) is 4.79 Å². The van der Waals surface area contributed by atoms with Gasteiger partial charge in [-0.05, 0) is 0 Å². The molecule has 1 rings (SSSR count). The van der Waals surface area contributed by atoms with Gasteiger partial charge in [-0.2, -0.15) is 0 Å². The molecule has 0 aromatic carbocycles. The summed E-state index contributed by atoms with van der Waals surface area (Å²) < 4.78 is 4.72. The van der Waals surface area contributed by atoms with Crippen LogP contribution in [0, 0.1) is 0 Å². The van der Waals surface area contributed by atoms with Gasteiger partial charge in [-0.1, -0.05) is 0 Å². The minimum Gasteiger partial charge on any atom is -0.394 e. The Kier molecular flexibility index (Phi) is 5.74. The average molecular weight is 301 g/mol. The van der Waals surface area contributed by atoms with Crippen LogP contribution in [0.4, 0.5) is 4.79 Å². The first-order valence-electron chi connectivity index (χ1n) is 5.51. The molecule has 1 fully saturated rings. The maximum absolute atomic E-state index is 11.4. The molecule has 0 bridgehead atoms. The number of carbonyl (C=O) groups excluding carboxylic acids is 1. The van der Waals surface area contributed by atoms with Gasteiger partial charge in [0.25, 0.3) is 0 Å². The van der Waals surface area contributed by atoms with Crippen molar-refractivity contribution in [1.29, 1.82) is 0 Å². The van der Waals surface area contributed by atoms with Crippen molar-refractivity contribution in [1.82, 2.24) is 10.6 Å². The number of aliphatic hydroxyl groups excluding tert-OH is 4. The van der Waals surface area contributed by atoms with Crippen molar-refractivity contribution in [3.63, 3.8) is 0 Å². The molecule has 0 aliphatic carbocycles. The van der Waals surface area contributed by atoms with Gasteiger partial charge in [0.2, 0.25) is 12.0 Å². The van der Waals surface area contributed by atoms with Gasteiger partial charge in [0.1, 0.15) is 18.3 Å². The van der Waals surface area contributed by atoms with E-state index in [-0.39, 0.29) is 12.4 Å². The lowest BCUT2D eigenvalue weighted by atomic mass is 9.93. The van der Waals surface area contributed by atoms with Crippen LogP contribution in [0.25, 0.3) is 0 Å². The molecule has 0 aromatic heterocycles. The number of amides is 2. The summed E-state index contributed by atoms with van der Waals surface area (Å²) in [5, 5.41) is 51.8. The molecule has 0 spiro atoms. The molecule has 112 valence electrons. The van der Waals surface area contributed by atoms with Crippen LogP contribution in [0.5, 0.6) is 0 Å². The van der Waals surface area contributed by atoms with Crippen LogP contribution in [0.15, 0.2) is 0 Å². The Morgan fingerprint density at radius 1 is 1.37 bits per heavy atom. The van der Waals surface area contributed by atoms with Crippen LogP contribution in [0.1, 0.15) is 0 Å². The number of ether oxygens (including phenoxy) is 1. The third kappa shape index (κ3) is 3.45. The summed E-state index contributed by atoms with van der Waals surface area (Å²) in [6.07, 6.45) is -6.94. The van der Waals surface area contributed by atoms with E-state index in [2.05, 4.69) is 5.32 Å². The SMILES string of the molecule is O=C(NCCCl)N[C@@]1(O)C(O)O[C@H](CO)[C@@H](O)[C@@H]1O. The number of aliphatic hydroxyl groups is 5. The fourth-order valence-corrected chi connectivity index (χ4v) is 1.73. The lowest BCUT2D eigenvalue weighted by molar-refractivity contribution is -0.334. The summed E-state index contributed by atoms with van der Waals surface area (Å²) >= 11 is 5.35. The fourth-order valence-electron chi connectivity index (χ4n) is 1.63. The summed E-state index contributed by atoms with van der Waals surface area (Å²) in [4.78, 5) is 11.4. The summed E-state index contributed by atoms with van der Waals surface area (Å²) in [5.74, 6) is 0.128. The predicted octanol–water partition coefficient (Wildman–Crippen LogP) is -3.36. The molecule has 0 aromatic rings. The van der Waals surface area contributed by atoms with E-state index >= 15 is 0 Å². The molecule has 2 amide bonds. The minimum atomic E-state index is -2.61. The highest BCUT2D eigenvalue weighted by atomic mass is 35.5. The van der Waals surface area contributed by atoms with E-state index in [0.29, 0.717) is 0 Å². The molecule has 19 heavy (non-hydrogen) atoms. The predicted molar refractivity (Wildman–Crippen MR) is 62.2 cm³/mol. The van der Waals surface area contributed by atoms with E-state index in [1.807, 2.05) is 5.32 Å². The van der Waals surface area contributed by atoms with Crippen molar-refractivity contribution < 1.29 is 35.1 Å². The smallest absolute Gasteiger partial charge is 0.317 e. The second kappa shape index (κ2) is 6.66. The normalized spacial score (nSPS) is 38.8. The van der Waals surface area contributed by atoms with E-state index in [1.54, 1.807) is 0 Å². The third-order valence-electron chi connectivity index (χ3n) is 2.71. The van der Waals surface area contributed by atoms with Gasteiger partial charge in [-0.3, -0.25) is 0 Å². The first kappa shape index (κ1) is 16.4. The van der Waals surface area contributed by atoms with Gasteiger partial charge < -0.3 is 40.9 Å². The topological polar surface area (TPSA) is 152 Å². The summed E-state index contributed by atoms with van der Waals surface area (Å²) in [7, 11) is 0. The number of urea groups is 1. The summed E-state index contributed by atoms with van der Waals surface area (Å²) in [6, 6.07) is -0.917. The molecular weight excluding hydrogens is 284 g/mol. The molecule has 5 atom stereocenters. The molecule has 1 aliphatic rings. The van der Waals surface area contributed by atoms with Crippen molar-refractivity contribution in [2.45, 2.75) is 30.3 Å². The molecule has 1 saturated heterocycles. The average Bonchev–Trinajstić information content (AvgIpc) is 2.38. The Balaban J connectivity index is 2.75. The van der Waals surface area contributed by atoms with Crippen LogP contribution in [-0.2, 0) is 4.74 Å². The Morgan fingerprint density at radius 2 is 2.00 bits per heavy atom. The Hall–Kier alpha value is -0.680. The first-order chi connectivity index (χ1) is 8.86. The first-order valence-corrected chi connectivity index (χ1v) is 6.05. The molecule has 1 unspecified atom stereocenters. The van der Waals surface area contributed by atoms with Gasteiger partial charge >= 0.3 is 6.03 Å². The van der Waals surface area contributed by atoms with Gasteiger partial charge in [0.15, 0.2) is 0 Å². The molecule has 0 radical (unpaired) electrons. The van der Waals surface area contributed by atoms with E-state index in [4.69, 9.17) is 21.4 Å². The van der Waals surface area contributed by atoms with E-state index in [0.717, 1.165) is 0 Å². The Morgan fingerprint density at radius 3 is 2.53 bits per heavy atom. The Labute approximate surface area is 113 Å². The van der Waals surface area contributed by atoms with Crippen molar-refractivity contribution in [2.24, 2.45) is 0 Å². The zero-order chi connectivity index (χ0) is 14.6. The number of alkyl halides is 1. The van der Waals surface area contributed by atoms with Crippen molar-refractivity contribution in [3.8, 4) is 0 Å². The Bertz CT molecular complexity index is 321. The van der Waals surface area contributed by atoms with Gasteiger partial charge in [-0.15, -0.1) is 11.6 Å². The molecule has 1 heterocycles. The largest absolute Gasteiger partial charge is 0.394 e.